The van der Waals surface area contributed by atoms with Gasteiger partial charge in [0.15, 0.2) is 0 Å². The number of furan rings is 1. The number of amides is 2. The summed E-state index contributed by atoms with van der Waals surface area (Å²) in [5.74, 6) is 0.679. The molecule has 2 aromatic carbocycles. The normalized spacial score (nSPS) is 14.4. The summed E-state index contributed by atoms with van der Waals surface area (Å²) >= 11 is 2.80. The third kappa shape index (κ3) is 3.10. The molecule has 3 heterocycles. The molecule has 1 aliphatic heterocycles. The number of fused-ring (bicyclic) bond motifs is 1. The van der Waals surface area contributed by atoms with Gasteiger partial charge in [0.05, 0.1) is 28.2 Å². The number of anilines is 1. The van der Waals surface area contributed by atoms with Gasteiger partial charge in [0, 0.05) is 10.3 Å². The van der Waals surface area contributed by atoms with Gasteiger partial charge in [-0.05, 0) is 35.0 Å². The number of thiophene rings is 1. The highest BCUT2D eigenvalue weighted by Crippen LogP contribution is 2.42. The standard InChI is InChI=1S/C23H15NO3S2/c25-22-20(19-11-5-13-28-19)21(29-14-16-8-4-12-27-16)23(26)24(22)18-10-3-7-15-6-1-2-9-17(15)18/h1-13H,14H2. The number of imide groups is 1. The van der Waals surface area contributed by atoms with Crippen LogP contribution in [0.15, 0.2) is 87.7 Å². The lowest BCUT2D eigenvalue weighted by molar-refractivity contribution is -0.119. The molecule has 0 saturated carbocycles. The van der Waals surface area contributed by atoms with E-state index in [1.54, 1.807) is 6.26 Å². The van der Waals surface area contributed by atoms with Gasteiger partial charge in [0.25, 0.3) is 11.8 Å². The van der Waals surface area contributed by atoms with Crippen LogP contribution in [0.2, 0.25) is 0 Å². The fourth-order valence-electron chi connectivity index (χ4n) is 3.44. The van der Waals surface area contributed by atoms with Gasteiger partial charge < -0.3 is 4.42 Å². The number of thioether (sulfide) groups is 1. The summed E-state index contributed by atoms with van der Waals surface area (Å²) in [6.45, 7) is 0. The number of benzene rings is 2. The van der Waals surface area contributed by atoms with Crippen molar-refractivity contribution in [3.8, 4) is 0 Å². The molecular formula is C23H15NO3S2. The van der Waals surface area contributed by atoms with Crippen LogP contribution in [-0.2, 0) is 15.3 Å². The van der Waals surface area contributed by atoms with Gasteiger partial charge in [0.1, 0.15) is 5.76 Å². The van der Waals surface area contributed by atoms with Crippen molar-refractivity contribution in [3.63, 3.8) is 0 Å². The van der Waals surface area contributed by atoms with E-state index < -0.39 is 0 Å². The SMILES string of the molecule is O=C1C(SCc2ccco2)=C(c2cccs2)C(=O)N1c1cccc2ccccc12. The molecule has 0 unspecified atom stereocenters. The number of carbonyl (C=O) groups is 2. The summed E-state index contributed by atoms with van der Waals surface area (Å²) in [6, 6.07) is 20.9. The van der Waals surface area contributed by atoms with E-state index in [-0.39, 0.29) is 11.8 Å². The van der Waals surface area contributed by atoms with Crippen LogP contribution in [0.1, 0.15) is 10.6 Å². The molecule has 2 aromatic heterocycles. The van der Waals surface area contributed by atoms with Crippen molar-refractivity contribution in [3.05, 3.63) is 93.9 Å². The van der Waals surface area contributed by atoms with Crippen LogP contribution >= 0.6 is 23.1 Å². The summed E-state index contributed by atoms with van der Waals surface area (Å²) in [5.41, 5.74) is 1.08. The minimum absolute atomic E-state index is 0.282. The average Bonchev–Trinajstić information content (AvgIpc) is 3.48. The van der Waals surface area contributed by atoms with Gasteiger partial charge in [-0.25, -0.2) is 4.90 Å². The van der Waals surface area contributed by atoms with Crippen LogP contribution in [-0.4, -0.2) is 11.8 Å². The molecule has 0 aliphatic carbocycles. The molecule has 6 heteroatoms. The summed E-state index contributed by atoms with van der Waals surface area (Å²) in [7, 11) is 0. The van der Waals surface area contributed by atoms with E-state index in [0.29, 0.717) is 21.9 Å². The van der Waals surface area contributed by atoms with Crippen LogP contribution in [0.3, 0.4) is 0 Å². The predicted octanol–water partition coefficient (Wildman–Crippen LogP) is 5.71. The van der Waals surface area contributed by atoms with Crippen molar-refractivity contribution in [1.29, 1.82) is 0 Å². The lowest BCUT2D eigenvalue weighted by Crippen LogP contribution is -2.31. The number of rotatable bonds is 5. The Morgan fingerprint density at radius 3 is 2.55 bits per heavy atom. The Hall–Kier alpha value is -3.09. The van der Waals surface area contributed by atoms with Crippen LogP contribution in [0.5, 0.6) is 0 Å². The molecule has 0 radical (unpaired) electrons. The fourth-order valence-corrected chi connectivity index (χ4v) is 5.28. The maximum Gasteiger partial charge on any atom is 0.272 e. The van der Waals surface area contributed by atoms with E-state index in [9.17, 15) is 9.59 Å². The highest BCUT2D eigenvalue weighted by molar-refractivity contribution is 8.03. The second-order valence-electron chi connectivity index (χ2n) is 6.49. The smallest absolute Gasteiger partial charge is 0.272 e. The summed E-state index contributed by atoms with van der Waals surface area (Å²) < 4.78 is 5.40. The molecule has 4 aromatic rings. The van der Waals surface area contributed by atoms with Crippen LogP contribution in [0, 0.1) is 0 Å². The Labute approximate surface area is 175 Å². The lowest BCUT2D eigenvalue weighted by Gasteiger charge is -2.17. The highest BCUT2D eigenvalue weighted by Gasteiger charge is 2.41. The van der Waals surface area contributed by atoms with E-state index in [1.165, 1.54) is 28.0 Å². The minimum atomic E-state index is -0.286. The molecule has 0 saturated heterocycles. The molecule has 2 amide bonds. The number of hydrogen-bond acceptors (Lipinski definition) is 5. The second kappa shape index (κ2) is 7.39. The number of nitrogens with zero attached hydrogens (tertiary/aromatic N) is 1. The molecule has 142 valence electrons. The third-order valence-corrected chi connectivity index (χ3v) is 6.74. The molecule has 1 aliphatic rings. The molecule has 0 fully saturated rings. The quantitative estimate of drug-likeness (QED) is 0.390. The predicted molar refractivity (Wildman–Crippen MR) is 118 cm³/mol. The van der Waals surface area contributed by atoms with E-state index in [2.05, 4.69) is 0 Å². The van der Waals surface area contributed by atoms with Gasteiger partial charge >= 0.3 is 0 Å². The van der Waals surface area contributed by atoms with E-state index in [0.717, 1.165) is 21.4 Å². The summed E-state index contributed by atoms with van der Waals surface area (Å²) in [5, 5.41) is 3.77. The van der Waals surface area contributed by atoms with Crippen LogP contribution < -0.4 is 4.90 Å². The van der Waals surface area contributed by atoms with Gasteiger partial charge in [-0.2, -0.15) is 0 Å². The van der Waals surface area contributed by atoms with Crippen LogP contribution in [0.25, 0.3) is 16.3 Å². The Morgan fingerprint density at radius 1 is 0.897 bits per heavy atom. The average molecular weight is 418 g/mol. The minimum Gasteiger partial charge on any atom is -0.468 e. The van der Waals surface area contributed by atoms with Crippen LogP contribution in [0.4, 0.5) is 5.69 Å². The molecular weight excluding hydrogens is 402 g/mol. The summed E-state index contributed by atoms with van der Waals surface area (Å²) in [6.07, 6.45) is 1.61. The number of hydrogen-bond donors (Lipinski definition) is 0. The zero-order valence-corrected chi connectivity index (χ0v) is 16.8. The molecule has 29 heavy (non-hydrogen) atoms. The van der Waals surface area contributed by atoms with Crippen molar-refractivity contribution in [1.82, 2.24) is 0 Å². The van der Waals surface area contributed by atoms with E-state index in [1.807, 2.05) is 72.1 Å². The Bertz CT molecular complexity index is 1240. The maximum absolute atomic E-state index is 13.4. The topological polar surface area (TPSA) is 50.5 Å². The molecule has 0 atom stereocenters. The summed E-state index contributed by atoms with van der Waals surface area (Å²) in [4.78, 5) is 29.4. The van der Waals surface area contributed by atoms with Crippen molar-refractivity contribution < 1.29 is 14.0 Å². The first kappa shape index (κ1) is 18.0. The zero-order chi connectivity index (χ0) is 19.8. The van der Waals surface area contributed by atoms with Gasteiger partial charge in [-0.15, -0.1) is 23.1 Å². The molecule has 4 nitrogen and oxygen atoms in total. The largest absolute Gasteiger partial charge is 0.468 e. The van der Waals surface area contributed by atoms with Crippen molar-refractivity contribution >= 4 is 56.9 Å². The Kier molecular flexibility index (Phi) is 4.58. The van der Waals surface area contributed by atoms with E-state index >= 15 is 0 Å². The monoisotopic (exact) mass is 417 g/mol. The first-order chi connectivity index (χ1) is 14.2. The first-order valence-electron chi connectivity index (χ1n) is 9.04. The van der Waals surface area contributed by atoms with Crippen molar-refractivity contribution in [2.24, 2.45) is 0 Å². The fraction of sp³-hybridized carbons (Fsp3) is 0.0435. The van der Waals surface area contributed by atoms with E-state index in [4.69, 9.17) is 4.42 Å². The highest BCUT2D eigenvalue weighted by atomic mass is 32.2. The molecule has 5 rings (SSSR count). The Morgan fingerprint density at radius 2 is 1.76 bits per heavy atom. The first-order valence-corrected chi connectivity index (χ1v) is 10.9. The molecule has 0 N–H and O–H groups in total. The molecule has 0 spiro atoms. The second-order valence-corrected chi connectivity index (χ2v) is 8.43. The van der Waals surface area contributed by atoms with Gasteiger partial charge in [0.2, 0.25) is 0 Å². The van der Waals surface area contributed by atoms with Crippen molar-refractivity contribution in [2.75, 3.05) is 4.90 Å². The third-order valence-electron chi connectivity index (χ3n) is 4.76. The molecule has 0 bridgehead atoms. The maximum atomic E-state index is 13.4. The Balaban J connectivity index is 1.60. The lowest BCUT2D eigenvalue weighted by atomic mass is 10.1. The van der Waals surface area contributed by atoms with Gasteiger partial charge in [-0.3, -0.25) is 9.59 Å². The van der Waals surface area contributed by atoms with Crippen molar-refractivity contribution in [2.45, 2.75) is 5.75 Å². The number of carbonyl (C=O) groups excluding carboxylic acids is 2. The van der Waals surface area contributed by atoms with Gasteiger partial charge in [-0.1, -0.05) is 42.5 Å². The zero-order valence-electron chi connectivity index (χ0n) is 15.2.